The van der Waals surface area contributed by atoms with Crippen LogP contribution in [0.4, 0.5) is 11.4 Å². The number of carbonyl (C=O) groups excluding carboxylic acids is 2. The smallest absolute Gasteiger partial charge is 0.282 e. The van der Waals surface area contributed by atoms with Gasteiger partial charge in [-0.2, -0.15) is 0 Å². The molecular formula is C26H24N2O3. The number of carbonyl (C=O) groups is 2. The molecule has 5 heteroatoms. The molecule has 3 aromatic carbocycles. The maximum absolute atomic E-state index is 13.6. The summed E-state index contributed by atoms with van der Waals surface area (Å²) < 4.78 is 5.88. The monoisotopic (exact) mass is 412 g/mol. The van der Waals surface area contributed by atoms with E-state index < -0.39 is 5.91 Å². The van der Waals surface area contributed by atoms with E-state index in [-0.39, 0.29) is 17.7 Å². The highest BCUT2D eigenvalue weighted by atomic mass is 16.5. The van der Waals surface area contributed by atoms with Crippen molar-refractivity contribution in [2.75, 3.05) is 10.2 Å². The molecule has 156 valence electrons. The topological polar surface area (TPSA) is 58.6 Å². The molecule has 31 heavy (non-hydrogen) atoms. The van der Waals surface area contributed by atoms with E-state index in [2.05, 4.69) is 5.32 Å². The average Bonchev–Trinajstić information content (AvgIpc) is 3.00. The molecular weight excluding hydrogens is 388 g/mol. The van der Waals surface area contributed by atoms with Crippen LogP contribution in [0.15, 0.2) is 84.6 Å². The summed E-state index contributed by atoms with van der Waals surface area (Å²) in [5, 5.41) is 3.22. The molecule has 3 aromatic rings. The molecule has 1 aliphatic heterocycles. The number of amides is 2. The van der Waals surface area contributed by atoms with Crippen molar-refractivity contribution in [1.29, 1.82) is 0 Å². The van der Waals surface area contributed by atoms with Gasteiger partial charge >= 0.3 is 0 Å². The van der Waals surface area contributed by atoms with Crippen LogP contribution in [-0.4, -0.2) is 17.9 Å². The van der Waals surface area contributed by atoms with Crippen molar-refractivity contribution < 1.29 is 14.3 Å². The molecule has 1 N–H and O–H groups in total. The van der Waals surface area contributed by atoms with Crippen LogP contribution in [0, 0.1) is 6.92 Å². The number of benzene rings is 3. The fourth-order valence-corrected chi connectivity index (χ4v) is 3.58. The Labute approximate surface area is 182 Å². The van der Waals surface area contributed by atoms with Gasteiger partial charge in [0.15, 0.2) is 0 Å². The fourth-order valence-electron chi connectivity index (χ4n) is 3.58. The molecule has 0 fully saturated rings. The quantitative estimate of drug-likeness (QED) is 0.567. The number of imide groups is 1. The first-order valence-corrected chi connectivity index (χ1v) is 10.2. The number of nitrogens with one attached hydrogen (secondary N) is 1. The van der Waals surface area contributed by atoms with E-state index in [1.165, 1.54) is 4.90 Å². The molecule has 5 nitrogen and oxygen atoms in total. The van der Waals surface area contributed by atoms with E-state index in [4.69, 9.17) is 4.74 Å². The summed E-state index contributed by atoms with van der Waals surface area (Å²) in [6.45, 7) is 5.77. The lowest BCUT2D eigenvalue weighted by Crippen LogP contribution is -2.33. The molecule has 4 rings (SSSR count). The van der Waals surface area contributed by atoms with Gasteiger partial charge in [-0.1, -0.05) is 60.7 Å². The molecule has 0 radical (unpaired) electrons. The normalized spacial score (nSPS) is 13.9. The highest BCUT2D eigenvalue weighted by Crippen LogP contribution is 2.38. The predicted molar refractivity (Wildman–Crippen MR) is 123 cm³/mol. The number of rotatable bonds is 6. The Bertz CT molecular complexity index is 1170. The zero-order valence-electron chi connectivity index (χ0n) is 17.8. The van der Waals surface area contributed by atoms with Crippen molar-refractivity contribution in [3.8, 4) is 5.75 Å². The van der Waals surface area contributed by atoms with Crippen LogP contribution in [-0.2, 0) is 9.59 Å². The summed E-state index contributed by atoms with van der Waals surface area (Å²) in [4.78, 5) is 28.4. The first-order valence-electron chi connectivity index (χ1n) is 10.2. The van der Waals surface area contributed by atoms with Gasteiger partial charge in [0.05, 0.1) is 17.4 Å². The molecule has 0 aromatic heterocycles. The second-order valence-corrected chi connectivity index (χ2v) is 7.64. The third-order valence-electron chi connectivity index (χ3n) is 5.02. The number of hydrogen-bond donors (Lipinski definition) is 1. The van der Waals surface area contributed by atoms with E-state index in [9.17, 15) is 9.59 Å². The lowest BCUT2D eigenvalue weighted by molar-refractivity contribution is -0.120. The summed E-state index contributed by atoms with van der Waals surface area (Å²) in [5.41, 5.74) is 3.46. The Morgan fingerprint density at radius 2 is 1.45 bits per heavy atom. The lowest BCUT2D eigenvalue weighted by atomic mass is 10.0. The lowest BCUT2D eigenvalue weighted by Gasteiger charge is -2.20. The highest BCUT2D eigenvalue weighted by molar-refractivity contribution is 6.46. The van der Waals surface area contributed by atoms with Crippen LogP contribution >= 0.6 is 0 Å². The van der Waals surface area contributed by atoms with Gasteiger partial charge in [0.25, 0.3) is 11.8 Å². The Kier molecular flexibility index (Phi) is 5.58. The van der Waals surface area contributed by atoms with Crippen molar-refractivity contribution in [1.82, 2.24) is 0 Å². The average molecular weight is 412 g/mol. The van der Waals surface area contributed by atoms with Crippen LogP contribution in [0.3, 0.4) is 0 Å². The van der Waals surface area contributed by atoms with Gasteiger partial charge in [0, 0.05) is 5.69 Å². The van der Waals surface area contributed by atoms with E-state index >= 15 is 0 Å². The highest BCUT2D eigenvalue weighted by Gasteiger charge is 2.41. The minimum absolute atomic E-state index is 0.0972. The third kappa shape index (κ3) is 3.94. The van der Waals surface area contributed by atoms with E-state index in [1.807, 2.05) is 81.4 Å². The molecule has 0 saturated carbocycles. The summed E-state index contributed by atoms with van der Waals surface area (Å²) in [6, 6.07) is 24.0. The van der Waals surface area contributed by atoms with Gasteiger partial charge in [-0.3, -0.25) is 9.59 Å². The van der Waals surface area contributed by atoms with Gasteiger partial charge in [-0.25, -0.2) is 4.90 Å². The minimum atomic E-state index is -0.410. The van der Waals surface area contributed by atoms with Crippen molar-refractivity contribution in [3.05, 3.63) is 95.7 Å². The zero-order chi connectivity index (χ0) is 22.0. The van der Waals surface area contributed by atoms with Crippen molar-refractivity contribution in [2.45, 2.75) is 26.9 Å². The van der Waals surface area contributed by atoms with Gasteiger partial charge in [0.2, 0.25) is 0 Å². The van der Waals surface area contributed by atoms with E-state index in [0.29, 0.717) is 22.6 Å². The molecule has 0 atom stereocenters. The van der Waals surface area contributed by atoms with E-state index in [1.54, 1.807) is 18.2 Å². The molecule has 0 unspecified atom stereocenters. The van der Waals surface area contributed by atoms with Gasteiger partial charge < -0.3 is 10.1 Å². The number of aryl methyl sites for hydroxylation is 1. The predicted octanol–water partition coefficient (Wildman–Crippen LogP) is 5.18. The molecule has 0 bridgehead atoms. The van der Waals surface area contributed by atoms with Crippen LogP contribution < -0.4 is 15.0 Å². The number of ether oxygens (including phenoxy) is 1. The first-order chi connectivity index (χ1) is 15.0. The molecule has 1 heterocycles. The SMILES string of the molecule is Cc1ccccc1NC1=C(c2ccccc2)C(=O)N(c2ccccc2OC(C)C)C1=O. The van der Waals surface area contributed by atoms with Gasteiger partial charge in [-0.05, 0) is 50.1 Å². The Morgan fingerprint density at radius 3 is 2.16 bits per heavy atom. The maximum atomic E-state index is 13.6. The first kappa shape index (κ1) is 20.4. The fraction of sp³-hybridized carbons (Fsp3) is 0.154. The second kappa shape index (κ2) is 8.48. The van der Waals surface area contributed by atoms with Crippen LogP contribution in [0.2, 0.25) is 0 Å². The Hall–Kier alpha value is -3.86. The van der Waals surface area contributed by atoms with Gasteiger partial charge in [0.1, 0.15) is 11.4 Å². The van der Waals surface area contributed by atoms with Gasteiger partial charge in [-0.15, -0.1) is 0 Å². The summed E-state index contributed by atoms with van der Waals surface area (Å²) >= 11 is 0. The van der Waals surface area contributed by atoms with Crippen molar-refractivity contribution in [3.63, 3.8) is 0 Å². The Morgan fingerprint density at radius 1 is 0.806 bits per heavy atom. The Balaban J connectivity index is 1.83. The molecule has 0 spiro atoms. The third-order valence-corrected chi connectivity index (χ3v) is 5.02. The number of nitrogens with zero attached hydrogens (tertiary/aromatic N) is 1. The van der Waals surface area contributed by atoms with Crippen LogP contribution in [0.1, 0.15) is 25.0 Å². The number of para-hydroxylation sites is 3. The summed E-state index contributed by atoms with van der Waals surface area (Å²) in [5.74, 6) is -0.303. The zero-order valence-corrected chi connectivity index (χ0v) is 17.8. The molecule has 0 saturated heterocycles. The molecule has 0 aliphatic carbocycles. The van der Waals surface area contributed by atoms with Crippen molar-refractivity contribution in [2.24, 2.45) is 0 Å². The molecule has 1 aliphatic rings. The van der Waals surface area contributed by atoms with Crippen molar-refractivity contribution >= 4 is 28.8 Å². The standard InChI is InChI=1S/C26H24N2O3/c1-17(2)31-22-16-10-9-15-21(22)28-25(29)23(19-12-5-4-6-13-19)24(26(28)30)27-20-14-8-7-11-18(20)3/h4-17,27H,1-3H3. The largest absolute Gasteiger partial charge is 0.489 e. The minimum Gasteiger partial charge on any atom is -0.489 e. The second-order valence-electron chi connectivity index (χ2n) is 7.64. The van der Waals surface area contributed by atoms with E-state index in [0.717, 1.165) is 11.3 Å². The van der Waals surface area contributed by atoms with Crippen LogP contribution in [0.25, 0.3) is 5.57 Å². The maximum Gasteiger partial charge on any atom is 0.282 e. The van der Waals surface area contributed by atoms with Crippen LogP contribution in [0.5, 0.6) is 5.75 Å². The molecule has 2 amide bonds. The summed E-state index contributed by atoms with van der Waals surface area (Å²) in [7, 11) is 0. The number of anilines is 2. The number of hydrogen-bond acceptors (Lipinski definition) is 4. The summed E-state index contributed by atoms with van der Waals surface area (Å²) in [6.07, 6.45) is -0.0972.